The zero-order valence-electron chi connectivity index (χ0n) is 8.37. The minimum absolute atomic E-state index is 0. The summed E-state index contributed by atoms with van der Waals surface area (Å²) in [5.74, 6) is 1.21. The summed E-state index contributed by atoms with van der Waals surface area (Å²) < 4.78 is 6.30. The Bertz CT molecular complexity index is 400. The summed E-state index contributed by atoms with van der Waals surface area (Å²) in [6.07, 6.45) is 0. The third kappa shape index (κ3) is 2.35. The third-order valence-electron chi connectivity index (χ3n) is 2.62. The van der Waals surface area contributed by atoms with Crippen molar-refractivity contribution < 1.29 is 21.5 Å². The molecule has 1 aromatic rings. The van der Waals surface area contributed by atoms with Crippen LogP contribution in [-0.2, 0) is 13.1 Å². The zero-order chi connectivity index (χ0) is 10.4. The number of halogens is 3. The normalized spacial score (nSPS) is 26.6. The van der Waals surface area contributed by atoms with Gasteiger partial charge in [-0.25, -0.2) is 4.57 Å². The molecule has 2 aliphatic heterocycles. The minimum atomic E-state index is 0. The SMILES string of the molecule is ICC1C[n+]2c(nn3c2NCC(I)C3)S1.[Br-]. The van der Waals surface area contributed by atoms with Gasteiger partial charge in [0.1, 0.15) is 6.54 Å². The maximum atomic E-state index is 4.65. The number of nitrogens with one attached hydrogen (secondary N) is 1. The number of hydrogen-bond acceptors (Lipinski definition) is 3. The van der Waals surface area contributed by atoms with Crippen LogP contribution in [-0.4, -0.2) is 29.9 Å². The van der Waals surface area contributed by atoms with E-state index in [1.807, 2.05) is 11.8 Å². The lowest BCUT2D eigenvalue weighted by atomic mass is 10.4. The summed E-state index contributed by atoms with van der Waals surface area (Å²) in [5.41, 5.74) is 0. The Morgan fingerprint density at radius 3 is 3.19 bits per heavy atom. The van der Waals surface area contributed by atoms with E-state index in [9.17, 15) is 0 Å². The summed E-state index contributed by atoms with van der Waals surface area (Å²) >= 11 is 6.84. The van der Waals surface area contributed by atoms with Crippen LogP contribution in [0.15, 0.2) is 5.16 Å². The molecule has 1 aromatic heterocycles. The number of rotatable bonds is 1. The maximum absolute atomic E-state index is 4.65. The number of nitrogens with zero attached hydrogens (tertiary/aromatic N) is 3. The molecule has 90 valence electrons. The highest BCUT2D eigenvalue weighted by Crippen LogP contribution is 2.29. The van der Waals surface area contributed by atoms with Gasteiger partial charge in [0.15, 0.2) is 0 Å². The van der Waals surface area contributed by atoms with E-state index >= 15 is 0 Å². The van der Waals surface area contributed by atoms with Crippen LogP contribution in [0.2, 0.25) is 0 Å². The molecule has 2 unspecified atom stereocenters. The van der Waals surface area contributed by atoms with Crippen LogP contribution < -0.4 is 26.9 Å². The topological polar surface area (TPSA) is 33.7 Å². The Morgan fingerprint density at radius 1 is 1.62 bits per heavy atom. The van der Waals surface area contributed by atoms with Crippen molar-refractivity contribution in [2.24, 2.45) is 0 Å². The fourth-order valence-electron chi connectivity index (χ4n) is 1.92. The summed E-state index contributed by atoms with van der Waals surface area (Å²) in [6.45, 7) is 3.21. The minimum Gasteiger partial charge on any atom is -1.00 e. The molecule has 2 atom stereocenters. The molecule has 0 saturated carbocycles. The molecular formula is C8H11BrI2N4S. The van der Waals surface area contributed by atoms with Crippen LogP contribution in [0.1, 0.15) is 0 Å². The Balaban J connectivity index is 0.000000963. The molecule has 0 amide bonds. The van der Waals surface area contributed by atoms with Crippen LogP contribution in [0, 0.1) is 0 Å². The molecular weight excluding hydrogens is 518 g/mol. The van der Waals surface area contributed by atoms with Crippen LogP contribution in [0.25, 0.3) is 0 Å². The van der Waals surface area contributed by atoms with E-state index in [0.29, 0.717) is 9.17 Å². The first-order valence-electron chi connectivity index (χ1n) is 4.89. The van der Waals surface area contributed by atoms with Crippen LogP contribution in [0.4, 0.5) is 5.95 Å². The van der Waals surface area contributed by atoms with Crippen molar-refractivity contribution in [3.63, 3.8) is 0 Å². The van der Waals surface area contributed by atoms with Crippen molar-refractivity contribution in [3.8, 4) is 0 Å². The number of aromatic nitrogens is 3. The average Bonchev–Trinajstić information content (AvgIpc) is 2.73. The summed E-state index contributed by atoms with van der Waals surface area (Å²) in [5, 5.41) is 10.0. The van der Waals surface area contributed by atoms with E-state index in [4.69, 9.17) is 0 Å². The van der Waals surface area contributed by atoms with Crippen molar-refractivity contribution in [1.29, 1.82) is 0 Å². The van der Waals surface area contributed by atoms with Gasteiger partial charge < -0.3 is 17.0 Å². The quantitative estimate of drug-likeness (QED) is 0.268. The van der Waals surface area contributed by atoms with Gasteiger partial charge in [-0.1, -0.05) is 56.9 Å². The second-order valence-corrected chi connectivity index (χ2v) is 7.68. The highest BCUT2D eigenvalue weighted by molar-refractivity contribution is 14.1. The van der Waals surface area contributed by atoms with Crippen molar-refractivity contribution >= 4 is 62.9 Å². The van der Waals surface area contributed by atoms with Gasteiger partial charge in [0.25, 0.3) is 0 Å². The lowest BCUT2D eigenvalue weighted by molar-refractivity contribution is -0.713. The van der Waals surface area contributed by atoms with E-state index in [1.54, 1.807) is 0 Å². The van der Waals surface area contributed by atoms with Gasteiger partial charge in [0.2, 0.25) is 0 Å². The average molecular weight is 529 g/mol. The Labute approximate surface area is 136 Å². The zero-order valence-corrected chi connectivity index (χ0v) is 15.1. The smallest absolute Gasteiger partial charge is 0.345 e. The summed E-state index contributed by atoms with van der Waals surface area (Å²) in [6, 6.07) is 0. The highest BCUT2D eigenvalue weighted by atomic mass is 127. The lowest BCUT2D eigenvalue weighted by Gasteiger charge is -2.14. The largest absolute Gasteiger partial charge is 1.00 e. The van der Waals surface area contributed by atoms with Crippen molar-refractivity contribution in [2.45, 2.75) is 27.4 Å². The molecule has 3 rings (SSSR count). The molecule has 0 spiro atoms. The molecule has 16 heavy (non-hydrogen) atoms. The molecule has 0 fully saturated rings. The molecule has 0 bridgehead atoms. The molecule has 4 nitrogen and oxygen atoms in total. The van der Waals surface area contributed by atoms with Crippen molar-refractivity contribution in [3.05, 3.63) is 0 Å². The first kappa shape index (κ1) is 13.7. The van der Waals surface area contributed by atoms with Crippen LogP contribution in [0.3, 0.4) is 0 Å². The maximum Gasteiger partial charge on any atom is 0.345 e. The van der Waals surface area contributed by atoms with Gasteiger partial charge in [-0.05, 0) is 0 Å². The number of alkyl halides is 2. The lowest BCUT2D eigenvalue weighted by Crippen LogP contribution is -3.00. The Hall–Kier alpha value is 1.23. The number of fused-ring (bicyclic) bond motifs is 3. The monoisotopic (exact) mass is 528 g/mol. The molecule has 0 radical (unpaired) electrons. The van der Waals surface area contributed by atoms with Crippen LogP contribution >= 0.6 is 56.9 Å². The fourth-order valence-corrected chi connectivity index (χ4v) is 4.35. The van der Waals surface area contributed by atoms with E-state index in [0.717, 1.165) is 19.6 Å². The van der Waals surface area contributed by atoms with Gasteiger partial charge in [-0.15, -0.1) is 4.68 Å². The number of thioether (sulfide) groups is 1. The molecule has 3 heterocycles. The highest BCUT2D eigenvalue weighted by Gasteiger charge is 2.36. The predicted molar refractivity (Wildman–Crippen MR) is 77.3 cm³/mol. The molecule has 2 aliphatic rings. The molecule has 0 saturated heterocycles. The van der Waals surface area contributed by atoms with Gasteiger partial charge in [-0.2, -0.15) is 0 Å². The summed E-state index contributed by atoms with van der Waals surface area (Å²) in [4.78, 5) is 0. The van der Waals surface area contributed by atoms with Gasteiger partial charge in [0, 0.05) is 9.53 Å². The van der Waals surface area contributed by atoms with E-state index in [-0.39, 0.29) is 17.0 Å². The molecule has 0 aromatic carbocycles. The number of anilines is 1. The molecule has 0 aliphatic carbocycles. The molecule has 8 heteroatoms. The first-order valence-corrected chi connectivity index (χ1v) is 8.54. The van der Waals surface area contributed by atoms with Crippen molar-refractivity contribution in [2.75, 3.05) is 16.3 Å². The van der Waals surface area contributed by atoms with Gasteiger partial charge in [-0.3, -0.25) is 5.32 Å². The second-order valence-electron chi connectivity index (χ2n) is 3.77. The standard InChI is InChI=1S/C8H10I2N4S.BrH/c9-1-6-4-13-7-11-2-5(10)3-14(7)12-8(13)15-6;/h5-6H,1-4H2;1H. The van der Waals surface area contributed by atoms with Crippen LogP contribution in [0.5, 0.6) is 0 Å². The van der Waals surface area contributed by atoms with E-state index in [1.165, 1.54) is 15.5 Å². The summed E-state index contributed by atoms with van der Waals surface area (Å²) in [7, 11) is 0. The Morgan fingerprint density at radius 2 is 2.44 bits per heavy atom. The predicted octanol–water partition coefficient (Wildman–Crippen LogP) is -1.69. The van der Waals surface area contributed by atoms with Gasteiger partial charge in [0.05, 0.1) is 22.3 Å². The second kappa shape index (κ2) is 5.47. The number of hydrogen-bond donors (Lipinski definition) is 1. The Kier molecular flexibility index (Phi) is 4.67. The molecule has 1 N–H and O–H groups in total. The third-order valence-corrected chi connectivity index (χ3v) is 6.28. The van der Waals surface area contributed by atoms with Crippen molar-refractivity contribution in [1.82, 2.24) is 9.78 Å². The van der Waals surface area contributed by atoms with Gasteiger partial charge >= 0.3 is 11.1 Å². The fraction of sp³-hybridized carbons (Fsp3) is 0.750. The first-order chi connectivity index (χ1) is 7.28. The van der Waals surface area contributed by atoms with E-state index in [2.05, 4.69) is 64.8 Å². The van der Waals surface area contributed by atoms with E-state index < -0.39 is 0 Å².